The van der Waals surface area contributed by atoms with Crippen molar-refractivity contribution in [2.24, 2.45) is 17.3 Å². The Balaban J connectivity index is 1.10. The number of nitriles is 1. The number of ether oxygens (including phenoxy) is 2. The van der Waals surface area contributed by atoms with Crippen LogP contribution in [0.5, 0.6) is 5.75 Å². The summed E-state index contributed by atoms with van der Waals surface area (Å²) in [7, 11) is 0. The van der Waals surface area contributed by atoms with Gasteiger partial charge >= 0.3 is 0 Å². The Morgan fingerprint density at radius 2 is 1.79 bits per heavy atom. The molecule has 0 radical (unpaired) electrons. The summed E-state index contributed by atoms with van der Waals surface area (Å²) in [5.74, 6) is 1.78. The lowest BCUT2D eigenvalue weighted by atomic mass is 9.62. The molecule has 1 aromatic rings. The van der Waals surface area contributed by atoms with Gasteiger partial charge in [0, 0.05) is 51.4 Å². The van der Waals surface area contributed by atoms with Crippen LogP contribution in [-0.2, 0) is 14.3 Å². The highest BCUT2D eigenvalue weighted by Crippen LogP contribution is 2.48. The first kappa shape index (κ1) is 31.7. The second-order valence-electron chi connectivity index (χ2n) is 13.4. The van der Waals surface area contributed by atoms with E-state index in [2.05, 4.69) is 27.8 Å². The number of carbonyl (C=O) groups excluding carboxylic acids is 2. The Morgan fingerprint density at radius 3 is 2.44 bits per heavy atom. The number of likely N-dealkylation sites (tertiary alicyclic amines) is 3. The van der Waals surface area contributed by atoms with Crippen molar-refractivity contribution in [1.29, 1.82) is 5.26 Å². The van der Waals surface area contributed by atoms with Gasteiger partial charge in [-0.1, -0.05) is 19.8 Å². The molecule has 1 aromatic heterocycles. The molecular formula is C34H51N5O4. The minimum absolute atomic E-state index is 0.00370. The standard InChI is InChI=1S/C34H51N5O4/c1-4-5-6-30-33(41)39(23-27-9-19-42-20-10-27)18-13-34(30)11-16-37(17-12-34)29-7-14-38(15-8-29)31(40)24-43-32-25(2)21-28(22-35)36-26(32)3/h21,27,29-30H,4-20,23-24H2,1-3H3. The van der Waals surface area contributed by atoms with Crippen molar-refractivity contribution in [2.45, 2.75) is 91.0 Å². The van der Waals surface area contributed by atoms with Crippen molar-refractivity contribution in [1.82, 2.24) is 19.7 Å². The molecule has 4 fully saturated rings. The predicted molar refractivity (Wildman–Crippen MR) is 165 cm³/mol. The summed E-state index contributed by atoms with van der Waals surface area (Å²) in [6.07, 6.45) is 10.8. The van der Waals surface area contributed by atoms with Crippen LogP contribution in [0.3, 0.4) is 0 Å². The summed E-state index contributed by atoms with van der Waals surface area (Å²) in [6, 6.07) is 4.25. The normalized spacial score (nSPS) is 23.9. The Labute approximate surface area is 257 Å². The molecule has 1 unspecified atom stereocenters. The quantitative estimate of drug-likeness (QED) is 0.416. The van der Waals surface area contributed by atoms with E-state index in [-0.39, 0.29) is 23.8 Å². The average molecular weight is 594 g/mol. The lowest BCUT2D eigenvalue weighted by Gasteiger charge is -2.53. The van der Waals surface area contributed by atoms with Crippen LogP contribution < -0.4 is 4.74 Å². The molecule has 1 spiro atoms. The van der Waals surface area contributed by atoms with Crippen LogP contribution in [0.2, 0.25) is 0 Å². The van der Waals surface area contributed by atoms with Crippen molar-refractivity contribution >= 4 is 11.8 Å². The third kappa shape index (κ3) is 7.34. The van der Waals surface area contributed by atoms with Gasteiger partial charge in [-0.3, -0.25) is 9.59 Å². The number of piperidine rings is 3. The van der Waals surface area contributed by atoms with E-state index in [4.69, 9.17) is 14.7 Å². The number of hydrogen-bond donors (Lipinski definition) is 0. The largest absolute Gasteiger partial charge is 0.482 e. The highest BCUT2D eigenvalue weighted by Gasteiger charge is 2.49. The van der Waals surface area contributed by atoms with Gasteiger partial charge in [0.15, 0.2) is 6.61 Å². The molecule has 9 nitrogen and oxygen atoms in total. The van der Waals surface area contributed by atoms with Gasteiger partial charge < -0.3 is 24.2 Å². The predicted octanol–water partition coefficient (Wildman–Crippen LogP) is 4.49. The first-order valence-electron chi connectivity index (χ1n) is 16.7. The van der Waals surface area contributed by atoms with Crippen LogP contribution in [0.1, 0.15) is 88.1 Å². The van der Waals surface area contributed by atoms with E-state index in [1.54, 1.807) is 13.0 Å². The third-order valence-electron chi connectivity index (χ3n) is 10.8. The first-order chi connectivity index (χ1) is 20.8. The molecule has 236 valence electrons. The minimum atomic E-state index is -0.00905. The Morgan fingerprint density at radius 1 is 1.09 bits per heavy atom. The van der Waals surface area contributed by atoms with Gasteiger partial charge in [0.05, 0.1) is 5.69 Å². The maximum atomic E-state index is 13.9. The average Bonchev–Trinajstić information content (AvgIpc) is 3.03. The Hall–Kier alpha value is -2.70. The lowest BCUT2D eigenvalue weighted by Crippen LogP contribution is -2.57. The minimum Gasteiger partial charge on any atom is -0.482 e. The van der Waals surface area contributed by atoms with Crippen molar-refractivity contribution in [3.8, 4) is 11.8 Å². The fraction of sp³-hybridized carbons (Fsp3) is 0.765. The van der Waals surface area contributed by atoms with Crippen molar-refractivity contribution in [3.05, 3.63) is 23.0 Å². The highest BCUT2D eigenvalue weighted by molar-refractivity contribution is 5.80. The molecule has 5 rings (SSSR count). The molecule has 4 aliphatic rings. The summed E-state index contributed by atoms with van der Waals surface area (Å²) < 4.78 is 11.4. The molecule has 4 aliphatic heterocycles. The SMILES string of the molecule is CCCCC1C(=O)N(CC2CCOCC2)CCC12CCN(C1CCN(C(=O)COc3c(C)cc(C#N)nc3C)CC1)CC2. The molecule has 0 saturated carbocycles. The number of unbranched alkanes of at least 4 members (excludes halogenated alkanes) is 1. The molecule has 0 N–H and O–H groups in total. The van der Waals surface area contributed by atoms with E-state index < -0.39 is 0 Å². The van der Waals surface area contributed by atoms with Gasteiger partial charge in [0.1, 0.15) is 17.5 Å². The van der Waals surface area contributed by atoms with Gasteiger partial charge in [-0.05, 0) is 101 Å². The van der Waals surface area contributed by atoms with Gasteiger partial charge in [-0.2, -0.15) is 5.26 Å². The number of rotatable bonds is 9. The van der Waals surface area contributed by atoms with E-state index >= 15 is 0 Å². The van der Waals surface area contributed by atoms with E-state index in [0.717, 1.165) is 122 Å². The summed E-state index contributed by atoms with van der Waals surface area (Å²) in [4.78, 5) is 37.9. The van der Waals surface area contributed by atoms with Crippen LogP contribution in [0, 0.1) is 42.4 Å². The number of carbonyl (C=O) groups is 2. The number of aromatic nitrogens is 1. The number of hydrogen-bond acceptors (Lipinski definition) is 7. The van der Waals surface area contributed by atoms with E-state index in [1.807, 2.05) is 11.8 Å². The molecule has 4 saturated heterocycles. The zero-order valence-corrected chi connectivity index (χ0v) is 26.6. The fourth-order valence-electron chi connectivity index (χ4n) is 8.12. The maximum absolute atomic E-state index is 13.9. The second-order valence-corrected chi connectivity index (χ2v) is 13.4. The molecular weight excluding hydrogens is 542 g/mol. The van der Waals surface area contributed by atoms with Gasteiger partial charge in [-0.25, -0.2) is 4.98 Å². The van der Waals surface area contributed by atoms with E-state index in [0.29, 0.717) is 35.0 Å². The lowest BCUT2D eigenvalue weighted by molar-refractivity contribution is -0.152. The molecule has 9 heteroatoms. The van der Waals surface area contributed by atoms with Gasteiger partial charge in [0.2, 0.25) is 5.91 Å². The number of aryl methyl sites for hydroxylation is 2. The summed E-state index contributed by atoms with van der Waals surface area (Å²) in [5, 5.41) is 9.12. The molecule has 43 heavy (non-hydrogen) atoms. The van der Waals surface area contributed by atoms with Crippen molar-refractivity contribution in [2.75, 3.05) is 59.1 Å². The van der Waals surface area contributed by atoms with Gasteiger partial charge in [0.25, 0.3) is 5.91 Å². The number of amides is 2. The summed E-state index contributed by atoms with van der Waals surface area (Å²) in [5.41, 5.74) is 1.97. The van der Waals surface area contributed by atoms with Crippen molar-refractivity contribution < 1.29 is 19.1 Å². The topological polar surface area (TPSA) is 99.0 Å². The summed E-state index contributed by atoms with van der Waals surface area (Å²) in [6.45, 7) is 13.0. The molecule has 1 atom stereocenters. The van der Waals surface area contributed by atoms with Crippen molar-refractivity contribution in [3.63, 3.8) is 0 Å². The van der Waals surface area contributed by atoms with Crippen LogP contribution in [0.25, 0.3) is 0 Å². The van der Waals surface area contributed by atoms with Crippen LogP contribution in [0.4, 0.5) is 0 Å². The highest BCUT2D eigenvalue weighted by atomic mass is 16.5. The van der Waals surface area contributed by atoms with Crippen LogP contribution in [0.15, 0.2) is 6.07 Å². The van der Waals surface area contributed by atoms with Crippen LogP contribution in [-0.4, -0.2) is 96.6 Å². The van der Waals surface area contributed by atoms with Crippen LogP contribution >= 0.6 is 0 Å². The second kappa shape index (κ2) is 14.4. The Bertz CT molecular complexity index is 1140. The smallest absolute Gasteiger partial charge is 0.260 e. The maximum Gasteiger partial charge on any atom is 0.260 e. The molecule has 5 heterocycles. The zero-order valence-electron chi connectivity index (χ0n) is 26.6. The molecule has 0 aromatic carbocycles. The Kier molecular flexibility index (Phi) is 10.6. The third-order valence-corrected chi connectivity index (χ3v) is 10.8. The van der Waals surface area contributed by atoms with Gasteiger partial charge in [-0.15, -0.1) is 0 Å². The monoisotopic (exact) mass is 593 g/mol. The zero-order chi connectivity index (χ0) is 30.4. The first-order valence-corrected chi connectivity index (χ1v) is 16.7. The molecule has 2 amide bonds. The molecule has 0 aliphatic carbocycles. The summed E-state index contributed by atoms with van der Waals surface area (Å²) >= 11 is 0. The number of pyridine rings is 1. The number of nitrogens with zero attached hydrogens (tertiary/aromatic N) is 5. The van der Waals surface area contributed by atoms with E-state index in [9.17, 15) is 9.59 Å². The van der Waals surface area contributed by atoms with E-state index in [1.165, 1.54) is 0 Å². The molecule has 0 bridgehead atoms. The fourth-order valence-corrected chi connectivity index (χ4v) is 8.12.